The Hall–Kier alpha value is -0.980. The molecule has 0 unspecified atom stereocenters. The van der Waals surface area contributed by atoms with Gasteiger partial charge >= 0.3 is 0 Å². The van der Waals surface area contributed by atoms with E-state index in [1.54, 1.807) is 12.1 Å². The molecule has 1 aromatic carbocycles. The number of hydrogen-bond acceptors (Lipinski definition) is 1. The molecule has 0 aromatic heterocycles. The van der Waals surface area contributed by atoms with Crippen LogP contribution in [-0.2, 0) is 0 Å². The highest BCUT2D eigenvalue weighted by Gasteiger charge is 1.97. The number of benzene rings is 1. The highest BCUT2D eigenvalue weighted by Crippen LogP contribution is 2.18. The molecule has 0 amide bonds. The molecular weight excluding hydrogens is 136 g/mol. The Morgan fingerprint density at radius 3 is 1.73 bits per heavy atom. The van der Waals surface area contributed by atoms with Crippen molar-refractivity contribution in [1.82, 2.24) is 0 Å². The Balaban J connectivity index is 0.000001000. The molecule has 0 saturated heterocycles. The van der Waals surface area contributed by atoms with Crippen LogP contribution in [0.25, 0.3) is 0 Å². The fourth-order valence-corrected chi connectivity index (χ4v) is 1.01. The van der Waals surface area contributed by atoms with E-state index in [9.17, 15) is 0 Å². The third-order valence-corrected chi connectivity index (χ3v) is 1.91. The van der Waals surface area contributed by atoms with E-state index in [4.69, 9.17) is 5.11 Å². The van der Waals surface area contributed by atoms with Gasteiger partial charge in [0, 0.05) is 0 Å². The van der Waals surface area contributed by atoms with Gasteiger partial charge in [0.1, 0.15) is 5.75 Å². The highest BCUT2D eigenvalue weighted by atomic mass is 16.3. The summed E-state index contributed by atoms with van der Waals surface area (Å²) in [6.45, 7) is 6.06. The molecule has 0 bridgehead atoms. The van der Waals surface area contributed by atoms with Crippen LogP contribution in [0.5, 0.6) is 5.75 Å². The van der Waals surface area contributed by atoms with Crippen molar-refractivity contribution in [2.45, 2.75) is 28.2 Å². The Kier molecular flexibility index (Phi) is 3.12. The second-order valence-electron chi connectivity index (χ2n) is 2.70. The second kappa shape index (κ2) is 3.42. The third kappa shape index (κ3) is 1.97. The molecule has 0 aliphatic carbocycles. The molecule has 0 fully saturated rings. The van der Waals surface area contributed by atoms with Crippen LogP contribution in [0.2, 0.25) is 0 Å². The lowest BCUT2D eigenvalue weighted by Gasteiger charge is -2.03. The summed E-state index contributed by atoms with van der Waals surface area (Å²) in [4.78, 5) is 0. The molecule has 0 spiro atoms. The van der Waals surface area contributed by atoms with Crippen LogP contribution in [0.4, 0.5) is 0 Å². The van der Waals surface area contributed by atoms with Crippen LogP contribution >= 0.6 is 0 Å². The third-order valence-electron chi connectivity index (χ3n) is 1.91. The van der Waals surface area contributed by atoms with Crippen LogP contribution in [0.15, 0.2) is 12.1 Å². The van der Waals surface area contributed by atoms with Gasteiger partial charge < -0.3 is 5.11 Å². The van der Waals surface area contributed by atoms with Gasteiger partial charge in [0.25, 0.3) is 0 Å². The SMILES string of the molecule is C.Cc1cc(O)cc(C)c1C. The van der Waals surface area contributed by atoms with Gasteiger partial charge in [0.15, 0.2) is 0 Å². The summed E-state index contributed by atoms with van der Waals surface area (Å²) in [5.41, 5.74) is 3.56. The maximum atomic E-state index is 9.12. The second-order valence-corrected chi connectivity index (χ2v) is 2.70. The molecule has 1 rings (SSSR count). The minimum atomic E-state index is 0. The summed E-state index contributed by atoms with van der Waals surface area (Å²) < 4.78 is 0. The zero-order chi connectivity index (χ0) is 7.72. The zero-order valence-corrected chi connectivity index (χ0v) is 6.60. The molecule has 11 heavy (non-hydrogen) atoms. The van der Waals surface area contributed by atoms with Crippen LogP contribution in [0.1, 0.15) is 24.1 Å². The van der Waals surface area contributed by atoms with E-state index in [1.807, 2.05) is 13.8 Å². The van der Waals surface area contributed by atoms with Crippen molar-refractivity contribution < 1.29 is 5.11 Å². The van der Waals surface area contributed by atoms with E-state index in [1.165, 1.54) is 5.56 Å². The van der Waals surface area contributed by atoms with Crippen LogP contribution in [0.3, 0.4) is 0 Å². The smallest absolute Gasteiger partial charge is 0.116 e. The minimum Gasteiger partial charge on any atom is -0.508 e. The molecule has 1 heteroatoms. The first kappa shape index (κ1) is 10.0. The van der Waals surface area contributed by atoms with Gasteiger partial charge in [-0.05, 0) is 49.6 Å². The lowest BCUT2D eigenvalue weighted by molar-refractivity contribution is 0.474. The number of rotatable bonds is 0. The quantitative estimate of drug-likeness (QED) is 0.606. The van der Waals surface area contributed by atoms with E-state index >= 15 is 0 Å². The summed E-state index contributed by atoms with van der Waals surface area (Å²) in [6.07, 6.45) is 0. The summed E-state index contributed by atoms with van der Waals surface area (Å²) in [5, 5.41) is 9.12. The predicted octanol–water partition coefficient (Wildman–Crippen LogP) is 2.95. The molecule has 0 saturated carbocycles. The first-order chi connectivity index (χ1) is 4.61. The lowest BCUT2D eigenvalue weighted by Crippen LogP contribution is -1.84. The number of phenolic OH excluding ortho intramolecular Hbond substituents is 1. The maximum absolute atomic E-state index is 9.12. The normalized spacial score (nSPS) is 9.00. The van der Waals surface area contributed by atoms with Crippen molar-refractivity contribution in [1.29, 1.82) is 0 Å². The van der Waals surface area contributed by atoms with E-state index in [2.05, 4.69) is 6.92 Å². The van der Waals surface area contributed by atoms with Gasteiger partial charge in [-0.15, -0.1) is 0 Å². The molecule has 0 aliphatic heterocycles. The summed E-state index contributed by atoms with van der Waals surface area (Å²) in [6, 6.07) is 3.56. The molecular formula is C10H16O. The number of hydrogen-bond donors (Lipinski definition) is 1. The molecule has 62 valence electrons. The van der Waals surface area contributed by atoms with Crippen LogP contribution < -0.4 is 0 Å². The van der Waals surface area contributed by atoms with Gasteiger partial charge in [-0.25, -0.2) is 0 Å². The van der Waals surface area contributed by atoms with Gasteiger partial charge in [-0.3, -0.25) is 0 Å². The topological polar surface area (TPSA) is 20.2 Å². The fourth-order valence-electron chi connectivity index (χ4n) is 1.01. The first-order valence-corrected chi connectivity index (χ1v) is 3.38. The molecule has 0 atom stereocenters. The molecule has 1 aromatic rings. The van der Waals surface area contributed by atoms with E-state index in [-0.39, 0.29) is 7.43 Å². The predicted molar refractivity (Wildman–Crippen MR) is 49.0 cm³/mol. The summed E-state index contributed by atoms with van der Waals surface area (Å²) in [7, 11) is 0. The van der Waals surface area contributed by atoms with Crippen molar-refractivity contribution in [3.05, 3.63) is 28.8 Å². The first-order valence-electron chi connectivity index (χ1n) is 3.38. The Morgan fingerprint density at radius 2 is 1.36 bits per heavy atom. The number of phenols is 1. The Bertz CT molecular complexity index is 228. The highest BCUT2D eigenvalue weighted by molar-refractivity contribution is 5.39. The van der Waals surface area contributed by atoms with Crippen LogP contribution in [-0.4, -0.2) is 5.11 Å². The lowest BCUT2D eigenvalue weighted by atomic mass is 10.0. The minimum absolute atomic E-state index is 0. The van der Waals surface area contributed by atoms with E-state index in [0.29, 0.717) is 5.75 Å². The standard InChI is InChI=1S/C9H12O.CH4/c1-6-4-9(10)5-7(2)8(6)3;/h4-5,10H,1-3H3;1H4. The largest absolute Gasteiger partial charge is 0.508 e. The summed E-state index contributed by atoms with van der Waals surface area (Å²) in [5.74, 6) is 0.362. The van der Waals surface area contributed by atoms with Gasteiger partial charge in [-0.1, -0.05) is 7.43 Å². The van der Waals surface area contributed by atoms with Crippen molar-refractivity contribution >= 4 is 0 Å². The average molecular weight is 152 g/mol. The molecule has 1 nitrogen and oxygen atoms in total. The van der Waals surface area contributed by atoms with Crippen molar-refractivity contribution in [3.8, 4) is 5.75 Å². The zero-order valence-electron chi connectivity index (χ0n) is 6.60. The Morgan fingerprint density at radius 1 is 1.00 bits per heavy atom. The van der Waals surface area contributed by atoms with Crippen molar-refractivity contribution in [2.75, 3.05) is 0 Å². The molecule has 1 N–H and O–H groups in total. The monoisotopic (exact) mass is 152 g/mol. The van der Waals surface area contributed by atoms with Gasteiger partial charge in [0.05, 0.1) is 0 Å². The fraction of sp³-hybridized carbons (Fsp3) is 0.400. The van der Waals surface area contributed by atoms with Gasteiger partial charge in [-0.2, -0.15) is 0 Å². The Labute approximate surface area is 68.7 Å². The number of aryl methyl sites for hydroxylation is 2. The van der Waals surface area contributed by atoms with Crippen LogP contribution in [0, 0.1) is 20.8 Å². The van der Waals surface area contributed by atoms with Crippen molar-refractivity contribution in [2.24, 2.45) is 0 Å². The van der Waals surface area contributed by atoms with E-state index < -0.39 is 0 Å². The molecule has 0 radical (unpaired) electrons. The number of aromatic hydroxyl groups is 1. The van der Waals surface area contributed by atoms with E-state index in [0.717, 1.165) is 11.1 Å². The summed E-state index contributed by atoms with van der Waals surface area (Å²) >= 11 is 0. The van der Waals surface area contributed by atoms with Crippen molar-refractivity contribution in [3.63, 3.8) is 0 Å². The molecule has 0 aliphatic rings. The van der Waals surface area contributed by atoms with Gasteiger partial charge in [0.2, 0.25) is 0 Å². The maximum Gasteiger partial charge on any atom is 0.116 e. The molecule has 0 heterocycles. The average Bonchev–Trinajstić information content (AvgIpc) is 1.82.